The van der Waals surface area contributed by atoms with Gasteiger partial charge in [-0.25, -0.2) is 4.98 Å². The van der Waals surface area contributed by atoms with Gasteiger partial charge in [-0.05, 0) is 32.2 Å². The molecule has 2 rings (SSSR count). The van der Waals surface area contributed by atoms with E-state index in [0.717, 1.165) is 31.9 Å². The van der Waals surface area contributed by atoms with Gasteiger partial charge in [0.25, 0.3) is 0 Å². The fraction of sp³-hybridized carbons (Fsp3) is 0.667. The van der Waals surface area contributed by atoms with Gasteiger partial charge in [0, 0.05) is 24.8 Å². The molecule has 17 heavy (non-hydrogen) atoms. The van der Waals surface area contributed by atoms with Crippen LogP contribution < -0.4 is 15.4 Å². The quantitative estimate of drug-likeness (QED) is 0.832. The summed E-state index contributed by atoms with van der Waals surface area (Å²) in [6, 6.07) is 2.31. The number of hydrogen-bond acceptors (Lipinski definition) is 5. The van der Waals surface area contributed by atoms with Gasteiger partial charge in [0.1, 0.15) is 0 Å². The van der Waals surface area contributed by atoms with Crippen molar-refractivity contribution in [3.8, 4) is 5.88 Å². The standard InChI is InChI=1S/C12H20N4O/c1-17-11-6-8-14-12(15-11)16-9-3-5-10(16)4-2-7-13/h6,8,10H,2-5,7,9,13H2,1H3. The Labute approximate surface area is 102 Å². The topological polar surface area (TPSA) is 64.3 Å². The maximum Gasteiger partial charge on any atom is 0.228 e. The summed E-state index contributed by atoms with van der Waals surface area (Å²) in [6.07, 6.45) is 6.35. The summed E-state index contributed by atoms with van der Waals surface area (Å²) in [5, 5.41) is 0. The second-order valence-corrected chi connectivity index (χ2v) is 4.32. The lowest BCUT2D eigenvalue weighted by atomic mass is 10.1. The van der Waals surface area contributed by atoms with Crippen LogP contribution in [0.25, 0.3) is 0 Å². The monoisotopic (exact) mass is 236 g/mol. The van der Waals surface area contributed by atoms with Crippen molar-refractivity contribution in [3.05, 3.63) is 12.3 Å². The van der Waals surface area contributed by atoms with E-state index in [0.29, 0.717) is 11.9 Å². The largest absolute Gasteiger partial charge is 0.481 e. The number of ether oxygens (including phenoxy) is 1. The third-order valence-electron chi connectivity index (χ3n) is 3.20. The lowest BCUT2D eigenvalue weighted by molar-refractivity contribution is 0.396. The Morgan fingerprint density at radius 2 is 2.47 bits per heavy atom. The van der Waals surface area contributed by atoms with Gasteiger partial charge < -0.3 is 15.4 Å². The number of aromatic nitrogens is 2. The van der Waals surface area contributed by atoms with Gasteiger partial charge in [-0.15, -0.1) is 0 Å². The molecule has 1 saturated heterocycles. The molecule has 1 atom stereocenters. The smallest absolute Gasteiger partial charge is 0.228 e. The van der Waals surface area contributed by atoms with Gasteiger partial charge in [-0.1, -0.05) is 0 Å². The summed E-state index contributed by atoms with van der Waals surface area (Å²) in [5.41, 5.74) is 5.57. The van der Waals surface area contributed by atoms with E-state index < -0.39 is 0 Å². The first-order valence-electron chi connectivity index (χ1n) is 6.19. The van der Waals surface area contributed by atoms with E-state index in [9.17, 15) is 0 Å². The average Bonchev–Trinajstić information content (AvgIpc) is 2.84. The SMILES string of the molecule is COc1ccnc(N2CCCC2CCCN)n1. The molecule has 94 valence electrons. The molecule has 1 unspecified atom stereocenters. The summed E-state index contributed by atoms with van der Waals surface area (Å²) in [7, 11) is 1.63. The Morgan fingerprint density at radius 3 is 3.24 bits per heavy atom. The van der Waals surface area contributed by atoms with Crippen LogP contribution in [0.2, 0.25) is 0 Å². The molecule has 0 saturated carbocycles. The number of hydrogen-bond donors (Lipinski definition) is 1. The van der Waals surface area contributed by atoms with Crippen molar-refractivity contribution in [3.63, 3.8) is 0 Å². The number of anilines is 1. The van der Waals surface area contributed by atoms with Gasteiger partial charge >= 0.3 is 0 Å². The van der Waals surface area contributed by atoms with Crippen LogP contribution in [0.3, 0.4) is 0 Å². The number of rotatable bonds is 5. The van der Waals surface area contributed by atoms with Gasteiger partial charge in [0.15, 0.2) is 0 Å². The molecule has 5 nitrogen and oxygen atoms in total. The Morgan fingerprint density at radius 1 is 1.59 bits per heavy atom. The summed E-state index contributed by atoms with van der Waals surface area (Å²) in [6.45, 7) is 1.78. The van der Waals surface area contributed by atoms with Crippen LogP contribution >= 0.6 is 0 Å². The summed E-state index contributed by atoms with van der Waals surface area (Å²) >= 11 is 0. The maximum absolute atomic E-state index is 5.57. The van der Waals surface area contributed by atoms with Crippen LogP contribution in [-0.2, 0) is 0 Å². The second-order valence-electron chi connectivity index (χ2n) is 4.32. The molecule has 1 aromatic rings. The fourth-order valence-electron chi connectivity index (χ4n) is 2.34. The average molecular weight is 236 g/mol. The van der Waals surface area contributed by atoms with Crippen molar-refractivity contribution in [2.75, 3.05) is 25.1 Å². The summed E-state index contributed by atoms with van der Waals surface area (Å²) in [5.74, 6) is 1.41. The van der Waals surface area contributed by atoms with Gasteiger partial charge in [-0.3, -0.25) is 0 Å². The van der Waals surface area contributed by atoms with Crippen molar-refractivity contribution >= 4 is 5.95 Å². The molecule has 0 radical (unpaired) electrons. The molecule has 0 aromatic carbocycles. The number of nitrogens with two attached hydrogens (primary N) is 1. The first-order chi connectivity index (χ1) is 8.35. The van der Waals surface area contributed by atoms with Crippen LogP contribution in [-0.4, -0.2) is 36.2 Å². The molecule has 1 aliphatic rings. The lowest BCUT2D eigenvalue weighted by Crippen LogP contribution is -2.31. The minimum Gasteiger partial charge on any atom is -0.481 e. The third-order valence-corrected chi connectivity index (χ3v) is 3.20. The van der Waals surface area contributed by atoms with E-state index in [4.69, 9.17) is 10.5 Å². The number of nitrogens with zero attached hydrogens (tertiary/aromatic N) is 3. The van der Waals surface area contributed by atoms with Crippen LogP contribution in [0.5, 0.6) is 5.88 Å². The predicted octanol–water partition coefficient (Wildman–Crippen LogP) is 1.19. The van der Waals surface area contributed by atoms with Crippen molar-refractivity contribution < 1.29 is 4.74 Å². The molecule has 0 bridgehead atoms. The minimum atomic E-state index is 0.533. The molecule has 5 heteroatoms. The van der Waals surface area contributed by atoms with Crippen LogP contribution in [0.4, 0.5) is 5.95 Å². The molecule has 0 spiro atoms. The highest BCUT2D eigenvalue weighted by Gasteiger charge is 2.26. The third kappa shape index (κ3) is 2.85. The fourth-order valence-corrected chi connectivity index (χ4v) is 2.34. The Bertz CT molecular complexity index is 358. The Kier molecular flexibility index (Phi) is 4.14. The van der Waals surface area contributed by atoms with E-state index >= 15 is 0 Å². The number of methoxy groups -OCH3 is 1. The van der Waals surface area contributed by atoms with Crippen LogP contribution in [0.1, 0.15) is 25.7 Å². The highest BCUT2D eigenvalue weighted by Crippen LogP contribution is 2.26. The Hall–Kier alpha value is -1.36. The second kappa shape index (κ2) is 5.82. The van der Waals surface area contributed by atoms with Crippen LogP contribution in [0.15, 0.2) is 12.3 Å². The zero-order valence-corrected chi connectivity index (χ0v) is 10.3. The highest BCUT2D eigenvalue weighted by atomic mass is 16.5. The summed E-state index contributed by atoms with van der Waals surface area (Å²) < 4.78 is 5.13. The van der Waals surface area contributed by atoms with Crippen molar-refractivity contribution in [1.29, 1.82) is 0 Å². The molecule has 2 N–H and O–H groups in total. The van der Waals surface area contributed by atoms with E-state index in [2.05, 4.69) is 14.9 Å². The minimum absolute atomic E-state index is 0.533. The summed E-state index contributed by atoms with van der Waals surface area (Å²) in [4.78, 5) is 11.0. The van der Waals surface area contributed by atoms with Crippen molar-refractivity contribution in [2.24, 2.45) is 5.73 Å². The maximum atomic E-state index is 5.57. The van der Waals surface area contributed by atoms with E-state index in [-0.39, 0.29) is 0 Å². The van der Waals surface area contributed by atoms with E-state index in [1.165, 1.54) is 12.8 Å². The molecule has 0 aliphatic carbocycles. The van der Waals surface area contributed by atoms with Crippen LogP contribution in [0, 0.1) is 0 Å². The molecule has 2 heterocycles. The molecule has 1 fully saturated rings. The first-order valence-corrected chi connectivity index (χ1v) is 6.19. The zero-order chi connectivity index (χ0) is 12.1. The lowest BCUT2D eigenvalue weighted by Gasteiger charge is -2.24. The van der Waals surface area contributed by atoms with Gasteiger partial charge in [0.05, 0.1) is 7.11 Å². The van der Waals surface area contributed by atoms with Crippen molar-refractivity contribution in [1.82, 2.24) is 9.97 Å². The molecular formula is C12H20N4O. The highest BCUT2D eigenvalue weighted by molar-refractivity contribution is 5.35. The molecular weight excluding hydrogens is 216 g/mol. The van der Waals surface area contributed by atoms with Gasteiger partial charge in [-0.2, -0.15) is 4.98 Å². The Balaban J connectivity index is 2.08. The van der Waals surface area contributed by atoms with Gasteiger partial charge in [0.2, 0.25) is 11.8 Å². The van der Waals surface area contributed by atoms with E-state index in [1.807, 2.05) is 0 Å². The molecule has 1 aromatic heterocycles. The zero-order valence-electron chi connectivity index (χ0n) is 10.3. The predicted molar refractivity (Wildman–Crippen MR) is 67.2 cm³/mol. The normalized spacial score (nSPS) is 19.6. The molecule has 0 amide bonds. The van der Waals surface area contributed by atoms with Crippen molar-refractivity contribution in [2.45, 2.75) is 31.7 Å². The molecule has 1 aliphatic heterocycles. The first kappa shape index (κ1) is 12.1. The van der Waals surface area contributed by atoms with E-state index in [1.54, 1.807) is 19.4 Å².